The Morgan fingerprint density at radius 1 is 1.08 bits per heavy atom. The summed E-state index contributed by atoms with van der Waals surface area (Å²) in [6.45, 7) is 5.12. The molecule has 14 heteroatoms. The van der Waals surface area contributed by atoms with Crippen molar-refractivity contribution < 1.29 is 37.0 Å². The third-order valence-electron chi connectivity index (χ3n) is 7.74. The van der Waals surface area contributed by atoms with Crippen LogP contribution >= 0.6 is 11.6 Å². The number of hydrogen-bond acceptors (Lipinski definition) is 10. The molecule has 0 aliphatic carbocycles. The van der Waals surface area contributed by atoms with Crippen molar-refractivity contribution in [2.45, 2.75) is 32.8 Å². The Balaban J connectivity index is 1.50. The monoisotopic (exact) mass is 700 g/mol. The van der Waals surface area contributed by atoms with Gasteiger partial charge in [0.15, 0.2) is 5.75 Å². The van der Waals surface area contributed by atoms with Crippen molar-refractivity contribution in [3.8, 4) is 17.2 Å². The smallest absolute Gasteiger partial charge is 0.417 e. The number of nitrogens with two attached hydrogens (primary N) is 1. The predicted octanol–water partition coefficient (Wildman–Crippen LogP) is 5.74. The number of piperidine rings is 1. The Bertz CT molecular complexity index is 1730. The van der Waals surface area contributed by atoms with Gasteiger partial charge < -0.3 is 29.6 Å². The van der Waals surface area contributed by atoms with Crippen LogP contribution in [0.15, 0.2) is 60.7 Å². The molecule has 0 atom stereocenters. The Morgan fingerprint density at radius 2 is 1.77 bits per heavy atom. The van der Waals surface area contributed by atoms with Gasteiger partial charge in [-0.25, -0.2) is 13.2 Å². The van der Waals surface area contributed by atoms with Crippen molar-refractivity contribution >= 4 is 56.8 Å². The number of carbonyl (C=O) groups excluding carboxylic acids is 2. The van der Waals surface area contributed by atoms with Crippen LogP contribution in [0.1, 0.15) is 30.9 Å². The second-order valence-electron chi connectivity index (χ2n) is 11.2. The first-order valence-electron chi connectivity index (χ1n) is 15.4. The molecule has 258 valence electrons. The van der Waals surface area contributed by atoms with Crippen LogP contribution in [0.4, 0.5) is 21.9 Å². The number of nitrogens with one attached hydrogen (secondary N) is 1. The molecular formula is C34H41ClN4O8S. The van der Waals surface area contributed by atoms with Crippen LogP contribution < -0.4 is 29.6 Å². The van der Waals surface area contributed by atoms with E-state index in [0.717, 1.165) is 30.2 Å². The average molecular weight is 701 g/mol. The number of benzene rings is 3. The van der Waals surface area contributed by atoms with E-state index in [-0.39, 0.29) is 30.0 Å². The summed E-state index contributed by atoms with van der Waals surface area (Å²) < 4.78 is 49.5. The molecule has 0 unspecified atom stereocenters. The maximum absolute atomic E-state index is 13.5. The van der Waals surface area contributed by atoms with Crippen LogP contribution in [0, 0.1) is 6.92 Å². The second-order valence-corrected chi connectivity index (χ2v) is 13.5. The van der Waals surface area contributed by atoms with Crippen molar-refractivity contribution in [1.82, 2.24) is 4.90 Å². The molecule has 1 aliphatic rings. The van der Waals surface area contributed by atoms with Crippen molar-refractivity contribution in [2.24, 2.45) is 0 Å². The molecule has 3 aromatic rings. The SMILES string of the molecule is CCOC(=O)CS(=O)(=O)N(CC=Cc1ccc(NC(=O)Oc2ccc(OC)cc2)c(N)c1C)c1ccc(OC2CCN(C)CC2)c(Cl)c1. The number of ether oxygens (including phenoxy) is 4. The number of carbonyl (C=O) groups is 2. The largest absolute Gasteiger partial charge is 0.497 e. The molecule has 1 fully saturated rings. The van der Waals surface area contributed by atoms with Crippen LogP contribution in [0.5, 0.6) is 17.2 Å². The summed E-state index contributed by atoms with van der Waals surface area (Å²) in [4.78, 5) is 26.9. The van der Waals surface area contributed by atoms with Gasteiger partial charge in [0.2, 0.25) is 10.0 Å². The quantitative estimate of drug-likeness (QED) is 0.167. The summed E-state index contributed by atoms with van der Waals surface area (Å²) in [5, 5.41) is 2.89. The zero-order chi connectivity index (χ0) is 34.8. The van der Waals surface area contributed by atoms with Gasteiger partial charge in [-0.15, -0.1) is 0 Å². The van der Waals surface area contributed by atoms with E-state index in [1.54, 1.807) is 74.5 Å². The van der Waals surface area contributed by atoms with Crippen molar-refractivity contribution in [3.05, 3.63) is 76.8 Å². The van der Waals surface area contributed by atoms with Crippen LogP contribution in [0.3, 0.4) is 0 Å². The Morgan fingerprint density at radius 3 is 2.42 bits per heavy atom. The number of amides is 1. The highest BCUT2D eigenvalue weighted by Crippen LogP contribution is 2.33. The number of halogens is 1. The number of sulfonamides is 1. The lowest BCUT2D eigenvalue weighted by Crippen LogP contribution is -2.36. The zero-order valence-electron chi connectivity index (χ0n) is 27.4. The molecule has 4 rings (SSSR count). The maximum Gasteiger partial charge on any atom is 0.417 e. The number of methoxy groups -OCH3 is 1. The van der Waals surface area contributed by atoms with Gasteiger partial charge in [-0.2, -0.15) is 0 Å². The number of hydrogen-bond donors (Lipinski definition) is 2. The van der Waals surface area contributed by atoms with E-state index in [0.29, 0.717) is 39.8 Å². The van der Waals surface area contributed by atoms with E-state index in [4.69, 9.17) is 36.3 Å². The summed E-state index contributed by atoms with van der Waals surface area (Å²) in [5.74, 6) is -0.302. The molecule has 48 heavy (non-hydrogen) atoms. The lowest BCUT2D eigenvalue weighted by molar-refractivity contribution is -0.139. The molecule has 0 radical (unpaired) electrons. The minimum Gasteiger partial charge on any atom is -0.497 e. The fraction of sp³-hybridized carbons (Fsp3) is 0.353. The summed E-state index contributed by atoms with van der Waals surface area (Å²) in [6.07, 6.45) is 4.33. The maximum atomic E-state index is 13.5. The molecule has 0 saturated carbocycles. The van der Waals surface area contributed by atoms with E-state index in [1.165, 1.54) is 13.2 Å². The standard InChI is InChI=1S/C34H41ClN4O8S/c1-5-45-32(40)22-48(42,43)39(25-9-15-31(29(35)21-25)46-28-16-19-38(3)20-17-28)18-6-7-24-8-14-30(33(36)23(24)2)37-34(41)47-27-12-10-26(44-4)11-13-27/h6-15,21,28H,5,16-20,22,36H2,1-4H3,(H,37,41). The van der Waals surface area contributed by atoms with E-state index >= 15 is 0 Å². The number of nitrogen functional groups attached to an aromatic ring is 1. The molecule has 1 amide bonds. The van der Waals surface area contributed by atoms with E-state index in [1.807, 2.05) is 0 Å². The highest BCUT2D eigenvalue weighted by atomic mass is 35.5. The number of esters is 1. The van der Waals surface area contributed by atoms with Crippen molar-refractivity contribution in [1.29, 1.82) is 0 Å². The van der Waals surface area contributed by atoms with Crippen molar-refractivity contribution in [2.75, 3.05) is 61.5 Å². The number of likely N-dealkylation sites (tertiary alicyclic amines) is 1. The van der Waals surface area contributed by atoms with Crippen LogP contribution in [-0.4, -0.2) is 77.6 Å². The van der Waals surface area contributed by atoms with Gasteiger partial charge in [0.1, 0.15) is 23.4 Å². The Kier molecular flexibility index (Phi) is 12.6. The van der Waals surface area contributed by atoms with Crippen LogP contribution in [-0.2, 0) is 19.6 Å². The highest BCUT2D eigenvalue weighted by molar-refractivity contribution is 7.93. The molecule has 3 aromatic carbocycles. The Labute approximate surface area is 286 Å². The van der Waals surface area contributed by atoms with Crippen LogP contribution in [0.2, 0.25) is 5.02 Å². The predicted molar refractivity (Wildman–Crippen MR) is 188 cm³/mol. The van der Waals surface area contributed by atoms with Gasteiger partial charge >= 0.3 is 12.1 Å². The third kappa shape index (κ3) is 9.78. The van der Waals surface area contributed by atoms with Gasteiger partial charge in [0.05, 0.1) is 42.3 Å². The van der Waals surface area contributed by atoms with E-state index < -0.39 is 27.8 Å². The topological polar surface area (TPSA) is 150 Å². The molecule has 1 saturated heterocycles. The summed E-state index contributed by atoms with van der Waals surface area (Å²) in [6, 6.07) is 14.6. The first-order valence-corrected chi connectivity index (χ1v) is 17.4. The molecule has 1 heterocycles. The molecule has 3 N–H and O–H groups in total. The normalized spacial score (nSPS) is 14.0. The van der Waals surface area contributed by atoms with Gasteiger partial charge in [0, 0.05) is 13.1 Å². The summed E-state index contributed by atoms with van der Waals surface area (Å²) in [7, 11) is -0.573. The molecular weight excluding hydrogens is 660 g/mol. The third-order valence-corrected chi connectivity index (χ3v) is 9.66. The van der Waals surface area contributed by atoms with Gasteiger partial charge in [-0.3, -0.25) is 14.4 Å². The first kappa shape index (κ1) is 36.4. The fourth-order valence-electron chi connectivity index (χ4n) is 5.03. The van der Waals surface area contributed by atoms with E-state index in [9.17, 15) is 18.0 Å². The van der Waals surface area contributed by atoms with E-state index in [2.05, 4.69) is 17.3 Å². The number of anilines is 3. The molecule has 12 nitrogen and oxygen atoms in total. The lowest BCUT2D eigenvalue weighted by atomic mass is 10.0. The van der Waals surface area contributed by atoms with Crippen LogP contribution in [0.25, 0.3) is 6.08 Å². The molecule has 0 aromatic heterocycles. The van der Waals surface area contributed by atoms with Gasteiger partial charge in [-0.1, -0.05) is 29.8 Å². The van der Waals surface area contributed by atoms with Crippen molar-refractivity contribution in [3.63, 3.8) is 0 Å². The summed E-state index contributed by atoms with van der Waals surface area (Å²) >= 11 is 6.58. The van der Waals surface area contributed by atoms with Gasteiger partial charge in [-0.05, 0) is 93.4 Å². The summed E-state index contributed by atoms with van der Waals surface area (Å²) in [5.41, 5.74) is 8.58. The number of rotatable bonds is 13. The van der Waals surface area contributed by atoms with Gasteiger partial charge in [0.25, 0.3) is 0 Å². The fourth-order valence-corrected chi connectivity index (χ4v) is 6.53. The number of nitrogens with zero attached hydrogens (tertiary/aromatic N) is 2. The average Bonchev–Trinajstić information content (AvgIpc) is 3.04. The second kappa shape index (κ2) is 16.6. The first-order chi connectivity index (χ1) is 22.9. The minimum atomic E-state index is -4.17. The zero-order valence-corrected chi connectivity index (χ0v) is 29.0. The highest BCUT2D eigenvalue weighted by Gasteiger charge is 2.27. The molecule has 1 aliphatic heterocycles. The minimum absolute atomic E-state index is 0.00697. The molecule has 0 spiro atoms. The Hall–Kier alpha value is -4.46. The molecule has 0 bridgehead atoms. The lowest BCUT2D eigenvalue weighted by Gasteiger charge is -2.30.